The molecule has 1 saturated carbocycles. The number of amides is 1. The normalized spacial score (nSPS) is 16.8. The Balaban J connectivity index is 0.000000256. The lowest BCUT2D eigenvalue weighted by molar-refractivity contribution is 0.0645. The highest BCUT2D eigenvalue weighted by molar-refractivity contribution is 6.31. The van der Waals surface area contributed by atoms with Crippen molar-refractivity contribution in [1.82, 2.24) is 19.4 Å². The van der Waals surface area contributed by atoms with Crippen molar-refractivity contribution in [2.24, 2.45) is 5.92 Å². The fourth-order valence-electron chi connectivity index (χ4n) is 5.69. The molecule has 1 aliphatic carbocycles. The summed E-state index contributed by atoms with van der Waals surface area (Å²) in [5.74, 6) is 0.879. The van der Waals surface area contributed by atoms with Gasteiger partial charge in [0.2, 0.25) is 0 Å². The zero-order chi connectivity index (χ0) is 25.8. The summed E-state index contributed by atoms with van der Waals surface area (Å²) in [5, 5.41) is 3.75. The average Bonchev–Trinajstić information content (AvgIpc) is 3.53. The van der Waals surface area contributed by atoms with Crippen molar-refractivity contribution in [3.63, 3.8) is 0 Å². The molecule has 2 fully saturated rings. The number of benzene rings is 2. The molecule has 0 unspecified atom stereocenters. The molecule has 2 aromatic carbocycles. The molecular weight excluding hydrogens is 539 g/mol. The first kappa shape index (κ1) is 28.8. The maximum absolute atomic E-state index is 13.3. The van der Waals surface area contributed by atoms with Gasteiger partial charge in [-0.05, 0) is 61.0 Å². The van der Waals surface area contributed by atoms with E-state index in [0.717, 1.165) is 71.3 Å². The van der Waals surface area contributed by atoms with Crippen LogP contribution in [0.1, 0.15) is 49.4 Å². The van der Waals surface area contributed by atoms with Crippen LogP contribution in [-0.2, 0) is 6.54 Å². The van der Waals surface area contributed by atoms with Gasteiger partial charge in [0, 0.05) is 66.1 Å². The number of hydrogen-bond donors (Lipinski definition) is 1. The van der Waals surface area contributed by atoms with Crippen LogP contribution in [0.3, 0.4) is 0 Å². The number of nitrogens with zero attached hydrogens (tertiary/aromatic N) is 3. The van der Waals surface area contributed by atoms with Crippen LogP contribution in [0.15, 0.2) is 54.9 Å². The third-order valence-electron chi connectivity index (χ3n) is 7.88. The molecule has 2 aliphatic rings. The van der Waals surface area contributed by atoms with Crippen LogP contribution < -0.4 is 0 Å². The Morgan fingerprint density at radius 1 is 0.947 bits per heavy atom. The molecular formula is C30H37Cl3N4O. The molecule has 0 spiro atoms. The summed E-state index contributed by atoms with van der Waals surface area (Å²) in [6.45, 7) is 7.80. The minimum atomic E-state index is 0. The van der Waals surface area contributed by atoms with Gasteiger partial charge in [-0.25, -0.2) is 0 Å². The number of halogens is 3. The van der Waals surface area contributed by atoms with Crippen molar-refractivity contribution >= 4 is 63.3 Å². The number of fused-ring (bicyclic) bond motifs is 2. The summed E-state index contributed by atoms with van der Waals surface area (Å²) >= 11 is 12.0. The van der Waals surface area contributed by atoms with E-state index in [1.165, 1.54) is 37.5 Å². The van der Waals surface area contributed by atoms with E-state index >= 15 is 0 Å². The van der Waals surface area contributed by atoms with E-state index in [1.807, 2.05) is 53.6 Å². The molecule has 0 radical (unpaired) electrons. The number of rotatable bonds is 4. The number of piperazine rings is 1. The van der Waals surface area contributed by atoms with Crippen LogP contribution in [0.4, 0.5) is 0 Å². The van der Waals surface area contributed by atoms with Gasteiger partial charge in [0.25, 0.3) is 5.91 Å². The Labute approximate surface area is 241 Å². The number of aromatic amines is 1. The molecule has 4 aromatic rings. The third kappa shape index (κ3) is 6.69. The smallest absolute Gasteiger partial charge is 0.256 e. The second-order valence-corrected chi connectivity index (χ2v) is 11.2. The molecule has 3 heterocycles. The fraction of sp³-hybridized carbons (Fsp3) is 0.433. The van der Waals surface area contributed by atoms with Crippen LogP contribution in [0.2, 0.25) is 10.0 Å². The lowest BCUT2D eigenvalue weighted by atomic mass is 9.89. The van der Waals surface area contributed by atoms with Crippen molar-refractivity contribution in [3.05, 3.63) is 70.5 Å². The second kappa shape index (κ2) is 13.3. The highest BCUT2D eigenvalue weighted by Crippen LogP contribution is 2.30. The molecule has 38 heavy (non-hydrogen) atoms. The quantitative estimate of drug-likeness (QED) is 0.269. The number of carbonyl (C=O) groups is 1. The number of carbonyl (C=O) groups excluding carboxylic acids is 1. The van der Waals surface area contributed by atoms with Crippen molar-refractivity contribution in [2.75, 3.05) is 32.7 Å². The van der Waals surface area contributed by atoms with E-state index < -0.39 is 0 Å². The number of nitrogens with one attached hydrogen (secondary N) is 1. The predicted octanol–water partition coefficient (Wildman–Crippen LogP) is 7.90. The molecule has 0 atom stereocenters. The SMILES string of the molecule is CCN1CCN(C(=O)c2cn(CC3CCCCC3)c3cc(Cl)ccc23)CC1.Cl.Clc1ccc2cc[nH]c2c1. The maximum Gasteiger partial charge on any atom is 0.256 e. The minimum Gasteiger partial charge on any atom is -0.361 e. The third-order valence-corrected chi connectivity index (χ3v) is 8.35. The molecule has 1 N–H and O–H groups in total. The Kier molecular flexibility index (Phi) is 10.1. The van der Waals surface area contributed by atoms with Crippen LogP contribution in [0, 0.1) is 5.92 Å². The zero-order valence-corrected chi connectivity index (χ0v) is 24.3. The van der Waals surface area contributed by atoms with Gasteiger partial charge in [0.1, 0.15) is 0 Å². The number of H-pyrrole nitrogens is 1. The highest BCUT2D eigenvalue weighted by atomic mass is 35.5. The fourth-order valence-corrected chi connectivity index (χ4v) is 6.03. The van der Waals surface area contributed by atoms with E-state index in [-0.39, 0.29) is 18.3 Å². The van der Waals surface area contributed by atoms with Crippen LogP contribution in [0.25, 0.3) is 21.8 Å². The molecule has 1 aliphatic heterocycles. The predicted molar refractivity (Wildman–Crippen MR) is 162 cm³/mol. The van der Waals surface area contributed by atoms with Gasteiger partial charge in [-0.1, -0.05) is 61.5 Å². The largest absolute Gasteiger partial charge is 0.361 e. The van der Waals surface area contributed by atoms with Gasteiger partial charge in [0.05, 0.1) is 11.1 Å². The Bertz CT molecular complexity index is 1350. The van der Waals surface area contributed by atoms with Crippen LogP contribution in [0.5, 0.6) is 0 Å². The van der Waals surface area contributed by atoms with Crippen molar-refractivity contribution in [3.8, 4) is 0 Å². The molecule has 5 nitrogen and oxygen atoms in total. The van der Waals surface area contributed by atoms with Gasteiger partial charge >= 0.3 is 0 Å². The van der Waals surface area contributed by atoms with Gasteiger partial charge in [-0.15, -0.1) is 12.4 Å². The summed E-state index contributed by atoms with van der Waals surface area (Å²) in [7, 11) is 0. The topological polar surface area (TPSA) is 44.3 Å². The standard InChI is InChI=1S/C22H30ClN3O.C8H6ClN.ClH/c1-2-24-10-12-25(13-11-24)22(27)20-16-26(15-17-6-4-3-5-7-17)21-14-18(23)8-9-19(20)21;9-7-2-1-6-3-4-10-8(6)5-7;/h8-9,14,16-17H,2-7,10-13,15H2,1H3;1-5,10H;1H. The first-order valence-electron chi connectivity index (χ1n) is 13.5. The van der Waals surface area contributed by atoms with Gasteiger partial charge in [-0.3, -0.25) is 4.79 Å². The van der Waals surface area contributed by atoms with Gasteiger partial charge < -0.3 is 19.4 Å². The Morgan fingerprint density at radius 3 is 2.39 bits per heavy atom. The van der Waals surface area contributed by atoms with Gasteiger partial charge in [0.15, 0.2) is 0 Å². The molecule has 2 aromatic heterocycles. The molecule has 1 saturated heterocycles. The molecule has 8 heteroatoms. The molecule has 204 valence electrons. The second-order valence-electron chi connectivity index (χ2n) is 10.3. The van der Waals surface area contributed by atoms with Crippen molar-refractivity contribution in [2.45, 2.75) is 45.6 Å². The monoisotopic (exact) mass is 574 g/mol. The van der Waals surface area contributed by atoms with E-state index in [1.54, 1.807) is 0 Å². The van der Waals surface area contributed by atoms with Crippen LogP contribution in [-0.4, -0.2) is 58.0 Å². The summed E-state index contributed by atoms with van der Waals surface area (Å²) in [4.78, 5) is 20.7. The summed E-state index contributed by atoms with van der Waals surface area (Å²) in [5.41, 5.74) is 3.03. The average molecular weight is 576 g/mol. The van der Waals surface area contributed by atoms with E-state index in [0.29, 0.717) is 5.92 Å². The van der Waals surface area contributed by atoms with Crippen molar-refractivity contribution in [1.29, 1.82) is 0 Å². The van der Waals surface area contributed by atoms with Crippen molar-refractivity contribution < 1.29 is 4.79 Å². The lowest BCUT2D eigenvalue weighted by Gasteiger charge is -2.34. The van der Waals surface area contributed by atoms with Gasteiger partial charge in [-0.2, -0.15) is 0 Å². The molecule has 1 amide bonds. The minimum absolute atomic E-state index is 0. The highest BCUT2D eigenvalue weighted by Gasteiger charge is 2.25. The Morgan fingerprint density at radius 2 is 1.66 bits per heavy atom. The number of aromatic nitrogens is 2. The summed E-state index contributed by atoms with van der Waals surface area (Å²) in [6, 6.07) is 13.8. The van der Waals surface area contributed by atoms with E-state index in [9.17, 15) is 4.79 Å². The zero-order valence-electron chi connectivity index (χ0n) is 22.0. The number of likely N-dealkylation sites (N-methyl/N-ethyl adjacent to an activating group) is 1. The van der Waals surface area contributed by atoms with E-state index in [2.05, 4.69) is 27.6 Å². The number of hydrogen-bond acceptors (Lipinski definition) is 2. The first-order chi connectivity index (χ1) is 18.0. The maximum atomic E-state index is 13.3. The summed E-state index contributed by atoms with van der Waals surface area (Å²) in [6.07, 6.45) is 10.6. The molecule has 6 rings (SSSR count). The molecule has 0 bridgehead atoms. The first-order valence-corrected chi connectivity index (χ1v) is 14.3. The van der Waals surface area contributed by atoms with E-state index in [4.69, 9.17) is 23.2 Å². The van der Waals surface area contributed by atoms with Crippen LogP contribution >= 0.6 is 35.6 Å². The summed E-state index contributed by atoms with van der Waals surface area (Å²) < 4.78 is 2.28. The lowest BCUT2D eigenvalue weighted by Crippen LogP contribution is -2.48. The Hall–Kier alpha value is -2.18.